The van der Waals surface area contributed by atoms with Crippen molar-refractivity contribution in [1.29, 1.82) is 0 Å². The lowest BCUT2D eigenvalue weighted by molar-refractivity contribution is -0.129. The van der Waals surface area contributed by atoms with Gasteiger partial charge in [0.1, 0.15) is 0 Å². The van der Waals surface area contributed by atoms with Gasteiger partial charge in [0.25, 0.3) is 0 Å². The highest BCUT2D eigenvalue weighted by Gasteiger charge is 2.37. The van der Waals surface area contributed by atoms with E-state index in [1.165, 1.54) is 12.8 Å². The molecule has 1 saturated heterocycles. The van der Waals surface area contributed by atoms with Gasteiger partial charge in [0.05, 0.1) is 18.3 Å². The lowest BCUT2D eigenvalue weighted by Gasteiger charge is -2.41. The number of amides is 3. The number of carbonyl (C=O) groups is 2. The Labute approximate surface area is 174 Å². The Hall–Kier alpha value is -2.15. The fourth-order valence-electron chi connectivity index (χ4n) is 4.34. The molecule has 0 aromatic carbocycles. The van der Waals surface area contributed by atoms with Crippen LogP contribution in [0.4, 0.5) is 4.79 Å². The van der Waals surface area contributed by atoms with E-state index in [0.717, 1.165) is 31.6 Å². The summed E-state index contributed by atoms with van der Waals surface area (Å²) in [6.07, 6.45) is 6.35. The summed E-state index contributed by atoms with van der Waals surface area (Å²) in [4.78, 5) is 34.0. The summed E-state index contributed by atoms with van der Waals surface area (Å²) in [7, 11) is 0. The number of nitrogens with one attached hydrogen (secondary N) is 2. The average Bonchev–Trinajstić information content (AvgIpc) is 3.21. The number of rotatable bonds is 5. The number of pyridine rings is 1. The minimum absolute atomic E-state index is 0.0193. The van der Waals surface area contributed by atoms with Crippen LogP contribution >= 0.6 is 0 Å². The van der Waals surface area contributed by atoms with Gasteiger partial charge in [0.15, 0.2) is 0 Å². The molecule has 2 heterocycles. The molecule has 0 unspecified atom stereocenters. The highest BCUT2D eigenvalue weighted by atomic mass is 16.2. The topological polar surface area (TPSA) is 77.6 Å². The van der Waals surface area contributed by atoms with Crippen LogP contribution in [-0.4, -0.2) is 64.5 Å². The van der Waals surface area contributed by atoms with Crippen molar-refractivity contribution in [3.63, 3.8) is 0 Å². The molecule has 3 rings (SSSR count). The molecule has 1 aliphatic carbocycles. The summed E-state index contributed by atoms with van der Waals surface area (Å²) in [5, 5.41) is 6.13. The quantitative estimate of drug-likeness (QED) is 0.794. The van der Waals surface area contributed by atoms with Crippen LogP contribution in [0, 0.1) is 5.92 Å². The maximum atomic E-state index is 13.1. The fraction of sp³-hybridized carbons (Fsp3) is 0.682. The maximum Gasteiger partial charge on any atom is 0.317 e. The molecule has 2 aliphatic rings. The molecular formula is C22H35N5O2. The van der Waals surface area contributed by atoms with E-state index in [9.17, 15) is 9.59 Å². The Morgan fingerprint density at radius 1 is 1.14 bits per heavy atom. The Morgan fingerprint density at radius 3 is 2.41 bits per heavy atom. The van der Waals surface area contributed by atoms with Crippen molar-refractivity contribution in [2.75, 3.05) is 26.2 Å². The second-order valence-electron chi connectivity index (χ2n) is 9.23. The van der Waals surface area contributed by atoms with Crippen molar-refractivity contribution in [1.82, 2.24) is 25.4 Å². The molecule has 1 aromatic rings. The summed E-state index contributed by atoms with van der Waals surface area (Å²) >= 11 is 0. The molecular weight excluding hydrogens is 366 g/mol. The van der Waals surface area contributed by atoms with Gasteiger partial charge in [0, 0.05) is 37.9 Å². The summed E-state index contributed by atoms with van der Waals surface area (Å²) < 4.78 is 0. The summed E-state index contributed by atoms with van der Waals surface area (Å²) in [5.74, 6) is 0.490. The first-order valence-electron chi connectivity index (χ1n) is 10.8. The molecule has 29 heavy (non-hydrogen) atoms. The van der Waals surface area contributed by atoms with Crippen molar-refractivity contribution in [2.45, 2.75) is 64.6 Å². The van der Waals surface area contributed by atoms with Crippen LogP contribution in [0.5, 0.6) is 0 Å². The average molecular weight is 402 g/mol. The van der Waals surface area contributed by atoms with Crippen LogP contribution in [0.2, 0.25) is 0 Å². The second kappa shape index (κ2) is 9.57. The van der Waals surface area contributed by atoms with E-state index < -0.39 is 0 Å². The minimum atomic E-state index is -0.244. The van der Waals surface area contributed by atoms with Crippen molar-refractivity contribution in [3.8, 4) is 0 Å². The molecule has 7 nitrogen and oxygen atoms in total. The predicted octanol–water partition coefficient (Wildman–Crippen LogP) is 2.38. The van der Waals surface area contributed by atoms with Crippen LogP contribution in [-0.2, 0) is 11.3 Å². The third kappa shape index (κ3) is 6.16. The summed E-state index contributed by atoms with van der Waals surface area (Å²) in [5.41, 5.74) is 0.626. The van der Waals surface area contributed by atoms with Crippen LogP contribution < -0.4 is 10.6 Å². The lowest BCUT2D eigenvalue weighted by Crippen LogP contribution is -2.60. The Morgan fingerprint density at radius 2 is 1.83 bits per heavy atom. The number of nitrogens with zero attached hydrogens (tertiary/aromatic N) is 3. The Balaban J connectivity index is 1.59. The maximum absolute atomic E-state index is 13.1. The molecule has 2 N–H and O–H groups in total. The van der Waals surface area contributed by atoms with Crippen LogP contribution in [0.1, 0.15) is 52.1 Å². The van der Waals surface area contributed by atoms with E-state index in [2.05, 4.69) is 20.5 Å². The van der Waals surface area contributed by atoms with Gasteiger partial charge in [-0.05, 0) is 51.7 Å². The third-order valence-corrected chi connectivity index (χ3v) is 5.76. The molecule has 3 amide bonds. The number of hydrogen-bond donors (Lipinski definition) is 2. The van der Waals surface area contributed by atoms with Gasteiger partial charge in [-0.1, -0.05) is 18.9 Å². The molecule has 160 valence electrons. The third-order valence-electron chi connectivity index (χ3n) is 5.76. The smallest absolute Gasteiger partial charge is 0.317 e. The Kier molecular flexibility index (Phi) is 7.11. The van der Waals surface area contributed by atoms with E-state index in [1.54, 1.807) is 6.20 Å². The van der Waals surface area contributed by atoms with Crippen molar-refractivity contribution < 1.29 is 9.59 Å². The van der Waals surface area contributed by atoms with E-state index in [0.29, 0.717) is 25.6 Å². The molecule has 2 fully saturated rings. The molecule has 0 bridgehead atoms. The van der Waals surface area contributed by atoms with Crippen LogP contribution in [0.15, 0.2) is 24.4 Å². The molecule has 0 radical (unpaired) electrons. The summed E-state index contributed by atoms with van der Waals surface area (Å²) in [6, 6.07) is 5.60. The van der Waals surface area contributed by atoms with Gasteiger partial charge in [-0.15, -0.1) is 0 Å². The van der Waals surface area contributed by atoms with E-state index in [1.807, 2.05) is 43.9 Å². The lowest BCUT2D eigenvalue weighted by atomic mass is 9.95. The van der Waals surface area contributed by atoms with Gasteiger partial charge < -0.3 is 15.5 Å². The van der Waals surface area contributed by atoms with Crippen molar-refractivity contribution >= 4 is 11.9 Å². The fourth-order valence-corrected chi connectivity index (χ4v) is 4.34. The summed E-state index contributed by atoms with van der Waals surface area (Å²) in [6.45, 7) is 9.19. The molecule has 0 spiro atoms. The normalized spacial score (nSPS) is 19.8. The van der Waals surface area contributed by atoms with Gasteiger partial charge in [0.2, 0.25) is 5.91 Å². The highest BCUT2D eigenvalue weighted by Crippen LogP contribution is 2.31. The van der Waals surface area contributed by atoms with Crippen LogP contribution in [0.3, 0.4) is 0 Å². The standard InChI is InChI=1S/C22H35N5O2/c1-22(2,3)25-21(29)27-14-12-26(13-15-27)19(17-8-4-5-9-17)20(28)24-16-18-10-6-7-11-23-18/h6-7,10-11,17,19H,4-5,8-9,12-16H2,1-3H3,(H,24,28)(H,25,29)/t19-/m1/s1. The van der Waals surface area contributed by atoms with Crippen molar-refractivity contribution in [2.24, 2.45) is 5.92 Å². The second-order valence-corrected chi connectivity index (χ2v) is 9.23. The number of urea groups is 1. The molecule has 1 aliphatic heterocycles. The number of hydrogen-bond acceptors (Lipinski definition) is 4. The molecule has 7 heteroatoms. The first kappa shape index (κ1) is 21.6. The van der Waals surface area contributed by atoms with E-state index in [4.69, 9.17) is 0 Å². The van der Waals surface area contributed by atoms with Gasteiger partial charge in [-0.3, -0.25) is 14.7 Å². The number of piperazine rings is 1. The van der Waals surface area contributed by atoms with Crippen LogP contribution in [0.25, 0.3) is 0 Å². The van der Waals surface area contributed by atoms with Crippen molar-refractivity contribution in [3.05, 3.63) is 30.1 Å². The molecule has 1 atom stereocenters. The number of carbonyl (C=O) groups excluding carboxylic acids is 2. The molecule has 1 aromatic heterocycles. The monoisotopic (exact) mass is 401 g/mol. The van der Waals surface area contributed by atoms with Gasteiger partial charge >= 0.3 is 6.03 Å². The predicted molar refractivity (Wildman–Crippen MR) is 113 cm³/mol. The first-order valence-corrected chi connectivity index (χ1v) is 10.8. The molecule has 1 saturated carbocycles. The largest absolute Gasteiger partial charge is 0.349 e. The Bertz CT molecular complexity index is 674. The van der Waals surface area contributed by atoms with Gasteiger partial charge in [-0.25, -0.2) is 4.79 Å². The number of aromatic nitrogens is 1. The first-order chi connectivity index (χ1) is 13.8. The van der Waals surface area contributed by atoms with E-state index >= 15 is 0 Å². The highest BCUT2D eigenvalue weighted by molar-refractivity contribution is 5.82. The SMILES string of the molecule is CC(C)(C)NC(=O)N1CCN([C@@H](C(=O)NCc2ccccn2)C2CCCC2)CC1. The minimum Gasteiger partial charge on any atom is -0.349 e. The van der Waals surface area contributed by atoms with E-state index in [-0.39, 0.29) is 23.5 Å². The zero-order valence-electron chi connectivity index (χ0n) is 18.0. The zero-order valence-corrected chi connectivity index (χ0v) is 18.0. The zero-order chi connectivity index (χ0) is 20.9. The van der Waals surface area contributed by atoms with Gasteiger partial charge in [-0.2, -0.15) is 0 Å².